The van der Waals surface area contributed by atoms with Crippen LogP contribution in [0, 0.1) is 0 Å². The van der Waals surface area contributed by atoms with E-state index in [1.54, 1.807) is 0 Å². The monoisotopic (exact) mass is 223 g/mol. The van der Waals surface area contributed by atoms with Crippen molar-refractivity contribution in [3.05, 3.63) is 18.2 Å². The van der Waals surface area contributed by atoms with E-state index in [4.69, 9.17) is 10.5 Å². The van der Waals surface area contributed by atoms with Crippen molar-refractivity contribution in [1.82, 2.24) is 9.55 Å². The first-order valence-electron chi connectivity index (χ1n) is 6.15. The molecule has 1 aromatic rings. The minimum Gasteiger partial charge on any atom is -0.372 e. The van der Waals surface area contributed by atoms with Crippen LogP contribution in [0.2, 0.25) is 0 Å². The van der Waals surface area contributed by atoms with Gasteiger partial charge >= 0.3 is 0 Å². The number of hydrogen-bond donors (Lipinski definition) is 1. The van der Waals surface area contributed by atoms with Crippen LogP contribution in [-0.4, -0.2) is 21.7 Å². The summed E-state index contributed by atoms with van der Waals surface area (Å²) in [6, 6.07) is 0.329. The van der Waals surface area contributed by atoms with Gasteiger partial charge < -0.3 is 15.0 Å². The Balaban J connectivity index is 1.82. The van der Waals surface area contributed by atoms with E-state index in [2.05, 4.69) is 16.5 Å². The fourth-order valence-electron chi connectivity index (χ4n) is 2.29. The molecule has 2 unspecified atom stereocenters. The maximum atomic E-state index is 5.93. The molecule has 2 atom stereocenters. The zero-order chi connectivity index (χ0) is 11.4. The summed E-state index contributed by atoms with van der Waals surface area (Å²) < 4.78 is 8.01. The Bertz CT molecular complexity index is 324. The second kappa shape index (κ2) is 5.46. The minimum atomic E-state index is 0.329. The highest BCUT2D eigenvalue weighted by molar-refractivity contribution is 4.96. The zero-order valence-corrected chi connectivity index (χ0v) is 9.93. The maximum absolute atomic E-state index is 5.93. The molecule has 0 aromatic carbocycles. The highest BCUT2D eigenvalue weighted by Crippen LogP contribution is 2.20. The second-order valence-electron chi connectivity index (χ2n) is 4.53. The Hall–Kier alpha value is -0.870. The third-order valence-corrected chi connectivity index (χ3v) is 3.27. The second-order valence-corrected chi connectivity index (χ2v) is 4.53. The van der Waals surface area contributed by atoms with Crippen LogP contribution < -0.4 is 5.73 Å². The summed E-state index contributed by atoms with van der Waals surface area (Å²) in [5.74, 6) is 0. The normalized spacial score (nSPS) is 25.9. The van der Waals surface area contributed by atoms with E-state index in [9.17, 15) is 0 Å². The highest BCUT2D eigenvalue weighted by Gasteiger charge is 2.19. The van der Waals surface area contributed by atoms with Gasteiger partial charge in [-0.1, -0.05) is 0 Å². The van der Waals surface area contributed by atoms with Crippen molar-refractivity contribution in [2.75, 3.05) is 0 Å². The summed E-state index contributed by atoms with van der Waals surface area (Å²) in [6.07, 6.45) is 8.56. The van der Waals surface area contributed by atoms with E-state index >= 15 is 0 Å². The molecule has 0 radical (unpaired) electrons. The van der Waals surface area contributed by atoms with Gasteiger partial charge in [0.25, 0.3) is 0 Å². The summed E-state index contributed by atoms with van der Waals surface area (Å²) in [5, 5.41) is 0. The van der Waals surface area contributed by atoms with Crippen molar-refractivity contribution in [2.24, 2.45) is 5.73 Å². The van der Waals surface area contributed by atoms with Gasteiger partial charge in [-0.3, -0.25) is 0 Å². The van der Waals surface area contributed by atoms with Crippen molar-refractivity contribution in [3.8, 4) is 0 Å². The predicted octanol–water partition coefficient (Wildman–Crippen LogP) is 1.69. The van der Waals surface area contributed by atoms with Gasteiger partial charge in [-0.05, 0) is 32.6 Å². The first kappa shape index (κ1) is 11.6. The van der Waals surface area contributed by atoms with E-state index < -0.39 is 0 Å². The molecule has 1 aromatic heterocycles. The smallest absolute Gasteiger partial charge is 0.0948 e. The summed E-state index contributed by atoms with van der Waals surface area (Å²) in [5.41, 5.74) is 7.09. The molecule has 0 aliphatic heterocycles. The summed E-state index contributed by atoms with van der Waals surface area (Å²) in [4.78, 5) is 4.13. The first-order valence-corrected chi connectivity index (χ1v) is 6.15. The number of nitrogens with zero attached hydrogens (tertiary/aromatic N) is 2. The Morgan fingerprint density at radius 3 is 3.19 bits per heavy atom. The molecule has 2 N–H and O–H groups in total. The highest BCUT2D eigenvalue weighted by atomic mass is 16.5. The number of aromatic nitrogens is 2. The number of aryl methyl sites for hydroxylation is 1. The number of ether oxygens (including phenoxy) is 1. The van der Waals surface area contributed by atoms with Crippen LogP contribution in [0.5, 0.6) is 0 Å². The third-order valence-electron chi connectivity index (χ3n) is 3.27. The molecule has 2 rings (SSSR count). The topological polar surface area (TPSA) is 53.1 Å². The molecular formula is C12H21N3O. The summed E-state index contributed by atoms with van der Waals surface area (Å²) in [6.45, 7) is 3.72. The summed E-state index contributed by atoms with van der Waals surface area (Å²) >= 11 is 0. The van der Waals surface area contributed by atoms with Gasteiger partial charge in [0.1, 0.15) is 0 Å². The van der Waals surface area contributed by atoms with Crippen LogP contribution in [0.25, 0.3) is 0 Å². The maximum Gasteiger partial charge on any atom is 0.0948 e. The van der Waals surface area contributed by atoms with Crippen molar-refractivity contribution in [3.63, 3.8) is 0 Å². The Labute approximate surface area is 96.8 Å². The summed E-state index contributed by atoms with van der Waals surface area (Å²) in [7, 11) is 0. The van der Waals surface area contributed by atoms with Crippen LogP contribution >= 0.6 is 0 Å². The lowest BCUT2D eigenvalue weighted by Crippen LogP contribution is -2.32. The Kier molecular flexibility index (Phi) is 3.96. The molecule has 0 bridgehead atoms. The molecule has 1 aliphatic rings. The van der Waals surface area contributed by atoms with Gasteiger partial charge in [0.2, 0.25) is 0 Å². The average Bonchev–Trinajstić information content (AvgIpc) is 2.74. The van der Waals surface area contributed by atoms with E-state index in [1.165, 1.54) is 6.42 Å². The molecule has 1 saturated carbocycles. The molecule has 90 valence electrons. The van der Waals surface area contributed by atoms with Crippen LogP contribution in [-0.2, 0) is 17.9 Å². The molecule has 1 fully saturated rings. The fourth-order valence-corrected chi connectivity index (χ4v) is 2.29. The SMILES string of the molecule is CCn1cncc1COC1CCCC(N)C1. The molecular weight excluding hydrogens is 202 g/mol. The number of rotatable bonds is 4. The average molecular weight is 223 g/mol. The lowest BCUT2D eigenvalue weighted by Gasteiger charge is -2.26. The number of hydrogen-bond acceptors (Lipinski definition) is 3. The van der Waals surface area contributed by atoms with Crippen molar-refractivity contribution in [1.29, 1.82) is 0 Å². The fraction of sp³-hybridized carbons (Fsp3) is 0.750. The third kappa shape index (κ3) is 2.83. The molecule has 1 heterocycles. The van der Waals surface area contributed by atoms with Gasteiger partial charge in [0.15, 0.2) is 0 Å². The van der Waals surface area contributed by atoms with E-state index in [0.29, 0.717) is 18.8 Å². The Morgan fingerprint density at radius 2 is 2.44 bits per heavy atom. The lowest BCUT2D eigenvalue weighted by atomic mass is 9.94. The minimum absolute atomic E-state index is 0.329. The van der Waals surface area contributed by atoms with Crippen LogP contribution in [0.4, 0.5) is 0 Å². The predicted molar refractivity (Wildman–Crippen MR) is 62.9 cm³/mol. The molecule has 0 saturated heterocycles. The van der Waals surface area contributed by atoms with E-state index in [-0.39, 0.29) is 0 Å². The van der Waals surface area contributed by atoms with E-state index in [0.717, 1.165) is 31.5 Å². The first-order chi connectivity index (χ1) is 7.79. The quantitative estimate of drug-likeness (QED) is 0.845. The number of nitrogens with two attached hydrogens (primary N) is 1. The standard InChI is InChI=1S/C12H21N3O/c1-2-15-9-14-7-11(15)8-16-12-5-3-4-10(13)6-12/h7,9-10,12H,2-6,8,13H2,1H3. The molecule has 4 heteroatoms. The molecule has 16 heavy (non-hydrogen) atoms. The van der Waals surface area contributed by atoms with Gasteiger partial charge in [0, 0.05) is 12.6 Å². The molecule has 1 aliphatic carbocycles. The molecule has 0 amide bonds. The van der Waals surface area contributed by atoms with Gasteiger partial charge in [0.05, 0.1) is 30.9 Å². The van der Waals surface area contributed by atoms with Crippen molar-refractivity contribution in [2.45, 2.75) is 57.9 Å². The van der Waals surface area contributed by atoms with Crippen molar-refractivity contribution < 1.29 is 4.74 Å². The molecule has 0 spiro atoms. The molecule has 4 nitrogen and oxygen atoms in total. The van der Waals surface area contributed by atoms with Gasteiger partial charge in [-0.15, -0.1) is 0 Å². The van der Waals surface area contributed by atoms with Crippen molar-refractivity contribution >= 4 is 0 Å². The lowest BCUT2D eigenvalue weighted by molar-refractivity contribution is 0.00949. The van der Waals surface area contributed by atoms with Gasteiger partial charge in [-0.25, -0.2) is 4.98 Å². The van der Waals surface area contributed by atoms with Crippen LogP contribution in [0.1, 0.15) is 38.3 Å². The number of imidazole rings is 1. The van der Waals surface area contributed by atoms with Crippen LogP contribution in [0.3, 0.4) is 0 Å². The van der Waals surface area contributed by atoms with E-state index in [1.807, 2.05) is 12.5 Å². The van der Waals surface area contributed by atoms with Gasteiger partial charge in [-0.2, -0.15) is 0 Å². The Morgan fingerprint density at radius 1 is 1.56 bits per heavy atom. The largest absolute Gasteiger partial charge is 0.372 e. The zero-order valence-electron chi connectivity index (χ0n) is 9.93. The van der Waals surface area contributed by atoms with Crippen LogP contribution in [0.15, 0.2) is 12.5 Å².